The van der Waals surface area contributed by atoms with Crippen LogP contribution in [0.4, 0.5) is 0 Å². The number of nitrogens with zero attached hydrogens (tertiary/aromatic N) is 3. The minimum absolute atomic E-state index is 0.144. The number of aliphatic hydroxyl groups is 1. The molecule has 0 spiro atoms. The van der Waals surface area contributed by atoms with Crippen molar-refractivity contribution >= 4 is 16.8 Å². The lowest BCUT2D eigenvalue weighted by molar-refractivity contribution is -0.133. The van der Waals surface area contributed by atoms with Crippen molar-refractivity contribution in [3.63, 3.8) is 0 Å². The number of carbonyl (C=O) groups is 1. The van der Waals surface area contributed by atoms with Gasteiger partial charge < -0.3 is 5.11 Å². The molecule has 5 nitrogen and oxygen atoms in total. The van der Waals surface area contributed by atoms with Gasteiger partial charge in [-0.2, -0.15) is 5.10 Å². The highest BCUT2D eigenvalue weighted by molar-refractivity contribution is 5.84. The number of rotatable bonds is 4. The van der Waals surface area contributed by atoms with Crippen molar-refractivity contribution in [1.29, 1.82) is 0 Å². The van der Waals surface area contributed by atoms with E-state index in [1.807, 2.05) is 16.8 Å². The maximum Gasteiger partial charge on any atom is 0.157 e. The van der Waals surface area contributed by atoms with Gasteiger partial charge in [-0.1, -0.05) is 13.8 Å². The van der Waals surface area contributed by atoms with Crippen molar-refractivity contribution in [2.24, 2.45) is 40.9 Å². The van der Waals surface area contributed by atoms with Gasteiger partial charge in [0.05, 0.1) is 17.3 Å². The Kier molecular flexibility index (Phi) is 5.21. The first kappa shape index (κ1) is 21.8. The van der Waals surface area contributed by atoms with Gasteiger partial charge >= 0.3 is 0 Å². The number of Topliss-reactive ketones (excluding diaryl/α,β-unsaturated/α-hetero) is 1. The minimum Gasteiger partial charge on any atom is -0.390 e. The van der Waals surface area contributed by atoms with Crippen LogP contribution < -0.4 is 0 Å². The van der Waals surface area contributed by atoms with E-state index in [2.05, 4.69) is 23.9 Å². The number of fused-ring (bicyclic) bond motifs is 6. The number of ketones is 1. The van der Waals surface area contributed by atoms with Crippen molar-refractivity contribution in [3.8, 4) is 0 Å². The number of hydrogen-bond donors (Lipinski definition) is 1. The zero-order valence-electron chi connectivity index (χ0n) is 20.2. The largest absolute Gasteiger partial charge is 0.390 e. The SMILES string of the molecule is CC[C@@]1(O)CC[C@@H]2C3CC[C@@]4(C)C(CC[C@@H]4C(=O)Cn4ncc5ncccc54)[C@@H]3CC[C@@H]2C1. The monoisotopic (exact) mass is 449 g/mol. The highest BCUT2D eigenvalue weighted by Gasteiger charge is 2.58. The summed E-state index contributed by atoms with van der Waals surface area (Å²) in [5.74, 6) is 4.34. The standard InChI is InChI=1S/C28H39N3O2/c1-3-28(33)13-11-19-18(15-28)6-7-21-20(19)10-12-27(2)22(21)8-9-23(27)26(32)17-31-25-5-4-14-29-24(25)16-30-31/h4-5,14,16,18-23,33H,3,6-13,15,17H2,1-2H3/t18-,19+,20?,21-,22?,23-,27+,28-/m1/s1. The van der Waals surface area contributed by atoms with Gasteiger partial charge in [0, 0.05) is 12.1 Å². The van der Waals surface area contributed by atoms with E-state index in [0.717, 1.165) is 60.4 Å². The Balaban J connectivity index is 1.19. The molecular weight excluding hydrogens is 410 g/mol. The third kappa shape index (κ3) is 3.40. The van der Waals surface area contributed by atoms with Gasteiger partial charge in [0.15, 0.2) is 5.78 Å². The molecule has 4 aliphatic carbocycles. The number of carbonyl (C=O) groups excluding carboxylic acids is 1. The van der Waals surface area contributed by atoms with E-state index in [-0.39, 0.29) is 11.3 Å². The van der Waals surface area contributed by atoms with Crippen LogP contribution in [0.1, 0.15) is 78.1 Å². The van der Waals surface area contributed by atoms with Crippen LogP contribution in [0, 0.1) is 40.9 Å². The molecular formula is C28H39N3O2. The minimum atomic E-state index is -0.408. The average Bonchev–Trinajstić information content (AvgIpc) is 3.39. The molecule has 2 unspecified atom stereocenters. The van der Waals surface area contributed by atoms with Crippen molar-refractivity contribution in [2.45, 2.75) is 90.2 Å². The lowest BCUT2D eigenvalue weighted by atomic mass is 9.48. The highest BCUT2D eigenvalue weighted by Crippen LogP contribution is 2.64. The van der Waals surface area contributed by atoms with Crippen LogP contribution in [0.2, 0.25) is 0 Å². The lowest BCUT2D eigenvalue weighted by Crippen LogP contribution is -2.51. The summed E-state index contributed by atoms with van der Waals surface area (Å²) in [5, 5.41) is 15.4. The van der Waals surface area contributed by atoms with Crippen molar-refractivity contribution in [2.75, 3.05) is 0 Å². The zero-order chi connectivity index (χ0) is 22.8. The molecule has 4 fully saturated rings. The second kappa shape index (κ2) is 7.90. The molecule has 33 heavy (non-hydrogen) atoms. The molecule has 2 aromatic rings. The summed E-state index contributed by atoms with van der Waals surface area (Å²) in [4.78, 5) is 18.0. The number of hydrogen-bond acceptors (Lipinski definition) is 4. The van der Waals surface area contributed by atoms with Crippen molar-refractivity contribution in [1.82, 2.24) is 14.8 Å². The Morgan fingerprint density at radius 1 is 1.12 bits per heavy atom. The van der Waals surface area contributed by atoms with E-state index in [0.29, 0.717) is 18.2 Å². The quantitative estimate of drug-likeness (QED) is 0.678. The maximum absolute atomic E-state index is 13.6. The Bertz CT molecular complexity index is 1050. The van der Waals surface area contributed by atoms with Crippen molar-refractivity contribution < 1.29 is 9.90 Å². The van der Waals surface area contributed by atoms with Gasteiger partial charge in [-0.3, -0.25) is 14.5 Å². The molecule has 4 saturated carbocycles. The molecule has 4 aliphatic rings. The first-order valence-corrected chi connectivity index (χ1v) is 13.4. The molecule has 8 atom stereocenters. The molecule has 0 bridgehead atoms. The van der Waals surface area contributed by atoms with E-state index in [1.165, 1.54) is 38.5 Å². The first-order chi connectivity index (χ1) is 15.9. The number of aromatic nitrogens is 3. The molecule has 178 valence electrons. The van der Waals surface area contributed by atoms with E-state index in [4.69, 9.17) is 0 Å². The van der Waals surface area contributed by atoms with E-state index in [9.17, 15) is 9.90 Å². The second-order valence-electron chi connectivity index (χ2n) is 12.1. The Morgan fingerprint density at radius 2 is 1.97 bits per heavy atom. The fourth-order valence-corrected chi connectivity index (χ4v) is 9.11. The summed E-state index contributed by atoms with van der Waals surface area (Å²) < 4.78 is 1.86. The molecule has 1 N–H and O–H groups in total. The van der Waals surface area contributed by atoms with Crippen LogP contribution in [0.15, 0.2) is 24.5 Å². The highest BCUT2D eigenvalue weighted by atomic mass is 16.3. The molecule has 0 aliphatic heterocycles. The zero-order valence-corrected chi connectivity index (χ0v) is 20.2. The Hall–Kier alpha value is -1.75. The molecule has 0 amide bonds. The molecule has 2 aromatic heterocycles. The summed E-state index contributed by atoms with van der Waals surface area (Å²) in [6.45, 7) is 4.96. The summed E-state index contributed by atoms with van der Waals surface area (Å²) in [7, 11) is 0. The van der Waals surface area contributed by atoms with Crippen LogP contribution in [0.3, 0.4) is 0 Å². The first-order valence-electron chi connectivity index (χ1n) is 13.4. The van der Waals surface area contributed by atoms with Crippen LogP contribution in [0.25, 0.3) is 11.0 Å². The summed E-state index contributed by atoms with van der Waals surface area (Å²) in [6.07, 6.45) is 15.0. The third-order valence-electron chi connectivity index (χ3n) is 10.9. The smallest absolute Gasteiger partial charge is 0.157 e. The molecule has 0 aromatic carbocycles. The summed E-state index contributed by atoms with van der Waals surface area (Å²) in [6, 6.07) is 3.93. The average molecular weight is 450 g/mol. The summed E-state index contributed by atoms with van der Waals surface area (Å²) >= 11 is 0. The lowest BCUT2D eigenvalue weighted by Gasteiger charge is -2.57. The van der Waals surface area contributed by atoms with E-state index in [1.54, 1.807) is 12.4 Å². The Morgan fingerprint density at radius 3 is 2.82 bits per heavy atom. The van der Waals surface area contributed by atoms with Gasteiger partial charge in [-0.15, -0.1) is 0 Å². The molecule has 0 radical (unpaired) electrons. The van der Waals surface area contributed by atoms with Gasteiger partial charge in [0.25, 0.3) is 0 Å². The fraction of sp³-hybridized carbons (Fsp3) is 0.750. The molecule has 6 rings (SSSR count). The second-order valence-corrected chi connectivity index (χ2v) is 12.1. The normalized spacial score (nSPS) is 42.5. The van der Waals surface area contributed by atoms with Crippen LogP contribution >= 0.6 is 0 Å². The third-order valence-corrected chi connectivity index (χ3v) is 10.9. The predicted molar refractivity (Wildman–Crippen MR) is 128 cm³/mol. The van der Waals surface area contributed by atoms with Crippen LogP contribution in [-0.2, 0) is 11.3 Å². The maximum atomic E-state index is 13.6. The Labute approximate surface area is 197 Å². The predicted octanol–water partition coefficient (Wildman–Crippen LogP) is 5.41. The van der Waals surface area contributed by atoms with Gasteiger partial charge in [0.2, 0.25) is 0 Å². The van der Waals surface area contributed by atoms with Gasteiger partial charge in [0.1, 0.15) is 12.1 Å². The van der Waals surface area contributed by atoms with Gasteiger partial charge in [-0.25, -0.2) is 0 Å². The van der Waals surface area contributed by atoms with Gasteiger partial charge in [-0.05, 0) is 111 Å². The topological polar surface area (TPSA) is 68.0 Å². The van der Waals surface area contributed by atoms with E-state index >= 15 is 0 Å². The number of pyridine rings is 1. The molecule has 2 heterocycles. The fourth-order valence-electron chi connectivity index (χ4n) is 9.11. The van der Waals surface area contributed by atoms with E-state index < -0.39 is 5.60 Å². The molecule has 0 saturated heterocycles. The van der Waals surface area contributed by atoms with Crippen LogP contribution in [0.5, 0.6) is 0 Å². The molecule has 5 heteroatoms. The van der Waals surface area contributed by atoms with Crippen molar-refractivity contribution in [3.05, 3.63) is 24.5 Å². The van der Waals surface area contributed by atoms with Crippen LogP contribution in [-0.4, -0.2) is 31.3 Å². The summed E-state index contributed by atoms with van der Waals surface area (Å²) in [5.41, 5.74) is 1.55.